The van der Waals surface area contributed by atoms with Crippen molar-refractivity contribution in [2.75, 3.05) is 33.5 Å². The summed E-state index contributed by atoms with van der Waals surface area (Å²) in [6.07, 6.45) is -31.4. The minimum atomic E-state index is -5.50. The predicted octanol–water partition coefficient (Wildman–Crippen LogP) is -4.62. The van der Waals surface area contributed by atoms with E-state index in [4.69, 9.17) is 61.0 Å². The second-order valence-corrected chi connectivity index (χ2v) is 28.2. The summed E-state index contributed by atoms with van der Waals surface area (Å²) in [5, 5.41) is 111. The molecular formula is C58H89NaO28S. The van der Waals surface area contributed by atoms with E-state index >= 15 is 0 Å². The first-order valence-electron chi connectivity index (χ1n) is 30.2. The van der Waals surface area contributed by atoms with Crippen molar-refractivity contribution in [3.8, 4) is 0 Å². The van der Waals surface area contributed by atoms with Crippen LogP contribution >= 0.6 is 0 Å². The van der Waals surface area contributed by atoms with Crippen LogP contribution in [0.2, 0.25) is 0 Å². The molecule has 0 aromatic carbocycles. The second kappa shape index (κ2) is 26.7. The van der Waals surface area contributed by atoms with E-state index in [1.54, 1.807) is 0 Å². The molecule has 496 valence electrons. The van der Waals surface area contributed by atoms with Crippen LogP contribution in [0.25, 0.3) is 0 Å². The molecule has 10 rings (SSSR count). The predicted molar refractivity (Wildman–Crippen MR) is 290 cm³/mol. The molecule has 1 spiro atoms. The van der Waals surface area contributed by atoms with Crippen molar-refractivity contribution in [2.45, 2.75) is 253 Å². The van der Waals surface area contributed by atoms with Gasteiger partial charge in [-0.05, 0) is 94.8 Å². The average Bonchev–Trinajstić information content (AvgIpc) is 1.45. The number of ether oxygens (including phenoxy) is 12. The van der Waals surface area contributed by atoms with Crippen LogP contribution in [0.5, 0.6) is 0 Å². The smallest absolute Gasteiger partial charge is 0.726 e. The van der Waals surface area contributed by atoms with Crippen LogP contribution < -0.4 is 29.6 Å². The van der Waals surface area contributed by atoms with E-state index < -0.39 is 206 Å². The van der Waals surface area contributed by atoms with Crippen molar-refractivity contribution in [1.29, 1.82) is 0 Å². The Bertz CT molecular complexity index is 2650. The standard InChI is InChI=1S/C58H90O28S.Na/c1-24(2)11-10-16-57(8)47-28(60)19-56(7)27-12-13-33-54(4,5)34(15-17-55(33,6)26(27)14-18-58(47,56)53(70)85-57)80-51-45(37(65)32(23-77-51)86-87(71,72)73)84-52-46(83-48-38(66)35(63)29(61)21-75-48)39(67)42(25(3)78-52)81-49-40(68)43(30(62)22-76-49)82-50-41(69)44(74-9)36(64)31(20-59)79-50;/h12,25-26,29-52,59,61-69H,1,10-11,13-23H2,2-9H3,(H,71,72,73);/q;+1/p-1/t25?,26?,29?,30?,31?,32?,33?,34?,35?,36?,37?,38?,39?,40?,41?,42?,43?,44?,45?,46?,47?,48?,49?,50?,51?,52?,55?,56-,57-,58?;/m0./s1. The van der Waals surface area contributed by atoms with Crippen LogP contribution in [-0.4, -0.2) is 256 Å². The minimum absolute atomic E-state index is 0. The molecule has 10 aliphatic rings. The van der Waals surface area contributed by atoms with Crippen molar-refractivity contribution in [1.82, 2.24) is 0 Å². The number of hydrogen-bond acceptors (Lipinski definition) is 28. The second-order valence-electron chi connectivity index (χ2n) is 27.2. The van der Waals surface area contributed by atoms with E-state index in [2.05, 4.69) is 26.5 Å². The van der Waals surface area contributed by atoms with Crippen LogP contribution in [0, 0.1) is 39.4 Å². The number of aliphatic hydroxyl groups excluding tert-OH is 10. The maximum Gasteiger partial charge on any atom is 1.00 e. The molecule has 10 N–H and O–H groups in total. The summed E-state index contributed by atoms with van der Waals surface area (Å²) in [7, 11) is -4.31. The van der Waals surface area contributed by atoms with Crippen LogP contribution in [0.15, 0.2) is 23.8 Å². The Balaban J connectivity index is 0.00000922. The number of esters is 1. The van der Waals surface area contributed by atoms with Crippen LogP contribution in [0.1, 0.15) is 106 Å². The third kappa shape index (κ3) is 12.5. The summed E-state index contributed by atoms with van der Waals surface area (Å²) < 4.78 is 113. The fourth-order valence-electron chi connectivity index (χ4n) is 17.0. The maximum absolute atomic E-state index is 14.5. The van der Waals surface area contributed by atoms with Gasteiger partial charge in [0, 0.05) is 18.9 Å². The number of cyclic esters (lactones) is 1. The van der Waals surface area contributed by atoms with Gasteiger partial charge in [0.2, 0.25) is 10.4 Å². The Morgan fingerprint density at radius 2 is 1.33 bits per heavy atom. The molecule has 3 saturated carbocycles. The van der Waals surface area contributed by atoms with Gasteiger partial charge in [0.05, 0.1) is 50.0 Å². The Morgan fingerprint density at radius 3 is 1.99 bits per heavy atom. The number of carbonyl (C=O) groups is 2. The molecule has 6 aliphatic heterocycles. The van der Waals surface area contributed by atoms with E-state index in [9.17, 15) is 73.6 Å². The number of Topliss-reactive ketones (excluding diaryl/α,β-unsaturated/α-hetero) is 1. The number of fused-ring (bicyclic) bond motifs is 4. The number of methoxy groups -OCH3 is 1. The SMILES string of the molecule is C=C(C)CCC[C@]1(C)OC(=O)C23CCC4C(=CCC5C(C)(C)C(OC6OCC(OS(=O)(=O)[O-])C(O)C6OC6OC(C)C(OC7OCC(O)C(OC8OC(CO)C(O)C(OC)C8O)C7O)C(O)C6OC6OCC(O)C(O)C6O)CCC45C)[C@]2(C)CC(=O)C31.[Na+]. The first-order valence-corrected chi connectivity index (χ1v) is 31.5. The molecule has 4 aliphatic carbocycles. The molecular weight excluding hydrogens is 1200 g/mol. The summed E-state index contributed by atoms with van der Waals surface area (Å²) in [6.45, 7) is 15.1. The number of carbonyl (C=O) groups excluding carboxylic acids is 2. The molecule has 30 atom stereocenters. The number of rotatable bonds is 18. The van der Waals surface area contributed by atoms with Gasteiger partial charge < -0.3 is 112 Å². The molecule has 6 heterocycles. The fraction of sp³-hybridized carbons (Fsp3) is 0.897. The van der Waals surface area contributed by atoms with Crippen molar-refractivity contribution < 1.29 is 164 Å². The van der Waals surface area contributed by atoms with Crippen LogP contribution in [-0.2, 0) is 81.0 Å². The Hall–Kier alpha value is -1.35. The van der Waals surface area contributed by atoms with Crippen LogP contribution in [0.3, 0.4) is 0 Å². The van der Waals surface area contributed by atoms with Crippen molar-refractivity contribution in [3.63, 3.8) is 0 Å². The third-order valence-corrected chi connectivity index (χ3v) is 21.9. The Morgan fingerprint density at radius 1 is 0.716 bits per heavy atom. The summed E-state index contributed by atoms with van der Waals surface area (Å²) >= 11 is 0. The first kappa shape index (κ1) is 71.0. The Kier molecular flexibility index (Phi) is 21.5. The zero-order valence-electron chi connectivity index (χ0n) is 51.2. The van der Waals surface area contributed by atoms with Crippen molar-refractivity contribution in [2.24, 2.45) is 39.4 Å². The van der Waals surface area contributed by atoms with E-state index in [0.717, 1.165) is 24.0 Å². The summed E-state index contributed by atoms with van der Waals surface area (Å²) in [4.78, 5) is 28.9. The number of allylic oxidation sites excluding steroid dienone is 3. The number of hydrogen-bond donors (Lipinski definition) is 10. The Labute approximate surface area is 533 Å². The average molecular weight is 1290 g/mol. The van der Waals surface area contributed by atoms with Gasteiger partial charge in [-0.1, -0.05) is 44.9 Å². The van der Waals surface area contributed by atoms with Crippen molar-refractivity contribution in [3.05, 3.63) is 23.8 Å². The van der Waals surface area contributed by atoms with Gasteiger partial charge in [-0.25, -0.2) is 8.42 Å². The summed E-state index contributed by atoms with van der Waals surface area (Å²) in [6, 6.07) is 0. The minimum Gasteiger partial charge on any atom is -0.726 e. The first-order chi connectivity index (χ1) is 40.8. The van der Waals surface area contributed by atoms with Crippen molar-refractivity contribution >= 4 is 22.2 Å². The van der Waals surface area contributed by atoms with Gasteiger partial charge in [-0.15, -0.1) is 6.58 Å². The molecule has 30 heteroatoms. The van der Waals surface area contributed by atoms with Gasteiger partial charge in [-0.2, -0.15) is 0 Å². The van der Waals surface area contributed by atoms with E-state index in [-0.39, 0.29) is 65.0 Å². The topological polar surface area (TPSA) is 414 Å². The van der Waals surface area contributed by atoms with Gasteiger partial charge >= 0.3 is 35.5 Å². The molecule has 28 nitrogen and oxygen atoms in total. The molecule has 28 unspecified atom stereocenters. The summed E-state index contributed by atoms with van der Waals surface area (Å²) in [5.41, 5.74) is -1.70. The van der Waals surface area contributed by atoms with Crippen LogP contribution in [0.4, 0.5) is 0 Å². The van der Waals surface area contributed by atoms with E-state index in [1.165, 1.54) is 14.0 Å². The monoisotopic (exact) mass is 1290 g/mol. The third-order valence-electron chi connectivity index (χ3n) is 21.4. The number of aliphatic hydroxyl groups is 10. The maximum atomic E-state index is 14.5. The van der Waals surface area contributed by atoms with Gasteiger partial charge in [0.15, 0.2) is 31.5 Å². The number of ketones is 1. The molecule has 0 bridgehead atoms. The quantitative estimate of drug-likeness (QED) is 0.0203. The largest absolute Gasteiger partial charge is 1.00 e. The molecule has 9 fully saturated rings. The summed E-state index contributed by atoms with van der Waals surface area (Å²) in [5.74, 6) is -0.954. The molecule has 6 saturated heterocycles. The van der Waals surface area contributed by atoms with Gasteiger partial charge in [0.1, 0.15) is 109 Å². The zero-order chi connectivity index (χ0) is 63.4. The molecule has 0 aromatic heterocycles. The zero-order valence-corrected chi connectivity index (χ0v) is 54.0. The molecule has 88 heavy (non-hydrogen) atoms. The van der Waals surface area contributed by atoms with Gasteiger partial charge in [0.25, 0.3) is 0 Å². The normalized spacial score (nSPS) is 50.1. The molecule has 0 amide bonds. The van der Waals surface area contributed by atoms with E-state index in [0.29, 0.717) is 38.5 Å². The van der Waals surface area contributed by atoms with Gasteiger partial charge in [-0.3, -0.25) is 13.8 Å². The molecule has 0 aromatic rings. The molecule has 0 radical (unpaired) electrons. The van der Waals surface area contributed by atoms with E-state index in [1.807, 2.05) is 27.7 Å². The fourth-order valence-corrected chi connectivity index (χ4v) is 17.4.